The molecule has 1 aromatic heterocycles. The molecule has 1 amide bonds. The highest BCUT2D eigenvalue weighted by Gasteiger charge is 2.29. The van der Waals surface area contributed by atoms with Crippen molar-refractivity contribution >= 4 is 64.1 Å². The highest BCUT2D eigenvalue weighted by atomic mass is 16.5. The third kappa shape index (κ3) is 16.6. The Kier molecular flexibility index (Phi) is 24.8. The molecule has 20 nitrogen and oxygen atoms in total. The molecule has 0 aliphatic heterocycles. The quantitative estimate of drug-likeness (QED) is 0.0566. The number of carbonyl (C=O) groups is 4. The van der Waals surface area contributed by atoms with E-state index in [4.69, 9.17) is 66.4 Å². The maximum atomic E-state index is 13.2. The van der Waals surface area contributed by atoms with E-state index in [-0.39, 0.29) is 25.2 Å². The van der Waals surface area contributed by atoms with Crippen molar-refractivity contribution in [3.05, 3.63) is 182 Å². The zero-order chi connectivity index (χ0) is 69.2. The van der Waals surface area contributed by atoms with E-state index < -0.39 is 11.9 Å². The molecular weight excluding hydrogens is 1220 g/mol. The normalized spacial score (nSPS) is 13.1. The van der Waals surface area contributed by atoms with Gasteiger partial charge in [0.25, 0.3) is 0 Å². The van der Waals surface area contributed by atoms with Crippen LogP contribution in [0.25, 0.3) is 40.0 Å². The monoisotopic (exact) mass is 1300 g/mol. The average Bonchev–Trinajstić information content (AvgIpc) is 1.64. The van der Waals surface area contributed by atoms with Crippen LogP contribution in [0, 0.1) is 0 Å². The number of hydrogen-bond donors (Lipinski definition) is 2. The molecule has 95 heavy (non-hydrogen) atoms. The van der Waals surface area contributed by atoms with Crippen LogP contribution in [-0.4, -0.2) is 132 Å². The van der Waals surface area contributed by atoms with Crippen molar-refractivity contribution in [1.82, 2.24) is 4.90 Å². The first kappa shape index (κ1) is 71.4. The van der Waals surface area contributed by atoms with E-state index in [1.165, 1.54) is 26.9 Å². The van der Waals surface area contributed by atoms with E-state index in [1.807, 2.05) is 118 Å². The fourth-order valence-corrected chi connectivity index (χ4v) is 11.4. The number of amides is 1. The lowest BCUT2D eigenvalue weighted by Gasteiger charge is -2.17. The summed E-state index contributed by atoms with van der Waals surface area (Å²) in [6, 6.07) is 31.9. The molecule has 10 rings (SSSR count). The molecule has 20 heteroatoms. The van der Waals surface area contributed by atoms with E-state index >= 15 is 0 Å². The second-order valence-electron chi connectivity index (χ2n) is 21.7. The molecule has 0 radical (unpaired) electrons. The van der Waals surface area contributed by atoms with E-state index in [0.717, 1.165) is 113 Å². The van der Waals surface area contributed by atoms with Crippen molar-refractivity contribution in [3.63, 3.8) is 0 Å². The number of allylic oxidation sites excluding steroid dienone is 5. The van der Waals surface area contributed by atoms with Crippen molar-refractivity contribution < 1.29 is 90.7 Å². The molecular formula is C75H81NO19. The molecule has 2 N–H and O–H groups in total. The van der Waals surface area contributed by atoms with Gasteiger partial charge in [-0.1, -0.05) is 23.8 Å². The molecule has 500 valence electrons. The Labute approximate surface area is 553 Å². The van der Waals surface area contributed by atoms with Crippen LogP contribution in [-0.2, 0) is 27.3 Å². The molecule has 0 unspecified atom stereocenters. The van der Waals surface area contributed by atoms with Gasteiger partial charge in [0, 0.05) is 12.6 Å². The fraction of sp³-hybridized carbons (Fsp3) is 0.280. The van der Waals surface area contributed by atoms with Crippen molar-refractivity contribution in [2.45, 2.75) is 53.0 Å². The zero-order valence-corrected chi connectivity index (χ0v) is 56.4. The van der Waals surface area contributed by atoms with Crippen molar-refractivity contribution in [2.24, 2.45) is 0 Å². The first-order chi connectivity index (χ1) is 45.7. The molecule has 0 spiro atoms. The Hall–Kier alpha value is -11.0. The number of hydrogen-bond acceptors (Lipinski definition) is 17. The highest BCUT2D eigenvalue weighted by Crippen LogP contribution is 2.49. The standard InChI is InChI=1S/C29H31NO6.C23H24O6.C13H14O3.C10H12O4/c1-18-23(12-19-13-26(33-4)29(35-6)27(14-19)34-5)22-10-9-20(32-3)15-25(22)24(18)16-28(31)30(2)17-21-8-7-11-36-21;1-13-17(8-14-9-20(27-3)23(29-5)21(10-14)28-4)16-7-6-15(26-2)11-19(16)18(13)12-22(24)25;1-8-5-9-3-4-10(16-2)6-12(9)11(8)7-13(14)15;1-12-8-4-7(6-11)5-9(13-2)10(8)14-3/h7-15H,16-17H2,1-6H3;6-11H,12H2,1-5H3,(H,24,25);3-4,6H,5,7H2,1-2H3,(H,14,15);4-6H,1-3H3/b23-12-;17-8-;;. The van der Waals surface area contributed by atoms with Gasteiger partial charge < -0.3 is 76.4 Å². The number of rotatable bonds is 23. The van der Waals surface area contributed by atoms with Gasteiger partial charge in [-0.25, -0.2) is 0 Å². The SMILES string of the molecule is COc1cc(C=O)cc(OC)c1OC.COc1ccc2c(c1)C(CC(=O)N(C)Cc1ccco1)=C(C)/C2=C/c1cc(OC)c(OC)c(OC)c1.COc1ccc2c(c1)C(CC(=O)O)=C(C)/C2=C/c1cc(OC)c(OC)c(OC)c1.COc1ccc2c(c1)C(CC(=O)O)=C(C)C2. The lowest BCUT2D eigenvalue weighted by atomic mass is 10.00. The van der Waals surface area contributed by atoms with Crippen LogP contribution in [0.5, 0.6) is 69.0 Å². The number of benzene rings is 6. The molecule has 0 saturated carbocycles. The summed E-state index contributed by atoms with van der Waals surface area (Å²) < 4.78 is 69.4. The Morgan fingerprint density at radius 3 is 1.19 bits per heavy atom. The molecule has 3 aliphatic rings. The van der Waals surface area contributed by atoms with Gasteiger partial charge in [-0.3, -0.25) is 19.2 Å². The summed E-state index contributed by atoms with van der Waals surface area (Å²) in [6.07, 6.45) is 7.56. The van der Waals surface area contributed by atoms with Crippen LogP contribution < -0.4 is 56.8 Å². The number of aliphatic carboxylic acids is 2. The Morgan fingerprint density at radius 2 is 0.832 bits per heavy atom. The molecule has 1 heterocycles. The van der Waals surface area contributed by atoms with Crippen LogP contribution >= 0.6 is 0 Å². The lowest BCUT2D eigenvalue weighted by molar-refractivity contribution is -0.136. The Bertz CT molecular complexity index is 4050. The van der Waals surface area contributed by atoms with Gasteiger partial charge in [-0.05, 0) is 208 Å². The summed E-state index contributed by atoms with van der Waals surface area (Å²) in [7, 11) is 20.6. The number of fused-ring (bicyclic) bond motifs is 3. The van der Waals surface area contributed by atoms with Crippen molar-refractivity contribution in [1.29, 1.82) is 0 Å². The van der Waals surface area contributed by atoms with Crippen LogP contribution in [0.4, 0.5) is 0 Å². The third-order valence-corrected chi connectivity index (χ3v) is 16.2. The highest BCUT2D eigenvalue weighted by molar-refractivity contribution is 6.09. The van der Waals surface area contributed by atoms with Crippen LogP contribution in [0.2, 0.25) is 0 Å². The summed E-state index contributed by atoms with van der Waals surface area (Å²) in [5.74, 6) is 6.06. The van der Waals surface area contributed by atoms with Gasteiger partial charge >= 0.3 is 11.9 Å². The molecule has 0 atom stereocenters. The van der Waals surface area contributed by atoms with Crippen molar-refractivity contribution in [3.8, 4) is 69.0 Å². The number of aldehydes is 1. The van der Waals surface area contributed by atoms with Gasteiger partial charge in [0.05, 0.1) is 117 Å². The van der Waals surface area contributed by atoms with Crippen LogP contribution in [0.3, 0.4) is 0 Å². The second-order valence-corrected chi connectivity index (χ2v) is 21.7. The Morgan fingerprint density at radius 1 is 0.453 bits per heavy atom. The minimum Gasteiger partial charge on any atom is -0.497 e. The van der Waals surface area contributed by atoms with Gasteiger partial charge in [0.1, 0.15) is 29.3 Å². The number of ether oxygens (including phenoxy) is 12. The van der Waals surface area contributed by atoms with Crippen molar-refractivity contribution in [2.75, 3.05) is 92.4 Å². The Balaban J connectivity index is 0.000000192. The zero-order valence-electron chi connectivity index (χ0n) is 56.4. The minimum atomic E-state index is -0.873. The van der Waals surface area contributed by atoms with E-state index in [9.17, 15) is 24.3 Å². The minimum absolute atomic E-state index is 0.00329. The molecule has 7 aromatic rings. The average molecular weight is 1300 g/mol. The van der Waals surface area contributed by atoms with Gasteiger partial charge in [-0.2, -0.15) is 0 Å². The van der Waals surface area contributed by atoms with Crippen LogP contribution in [0.15, 0.2) is 131 Å². The maximum absolute atomic E-state index is 13.2. The number of nitrogens with zero attached hydrogens (tertiary/aromatic N) is 1. The summed E-state index contributed by atoms with van der Waals surface area (Å²) in [5, 5.41) is 18.3. The lowest BCUT2D eigenvalue weighted by Crippen LogP contribution is -2.26. The van der Waals surface area contributed by atoms with Gasteiger partial charge in [0.15, 0.2) is 34.5 Å². The van der Waals surface area contributed by atoms with E-state index in [2.05, 4.69) is 6.08 Å². The fourth-order valence-electron chi connectivity index (χ4n) is 11.4. The predicted octanol–water partition coefficient (Wildman–Crippen LogP) is 14.2. The van der Waals surface area contributed by atoms with Crippen LogP contribution in [0.1, 0.15) is 101 Å². The third-order valence-electron chi connectivity index (χ3n) is 16.2. The first-order valence-corrected chi connectivity index (χ1v) is 29.8. The number of carboxylic acids is 2. The molecule has 6 aromatic carbocycles. The maximum Gasteiger partial charge on any atom is 0.307 e. The molecule has 0 fully saturated rings. The van der Waals surface area contributed by atoms with E-state index in [1.54, 1.807) is 94.3 Å². The number of carbonyl (C=O) groups excluding carboxylic acids is 2. The molecule has 0 bridgehead atoms. The number of furan rings is 1. The summed E-state index contributed by atoms with van der Waals surface area (Å²) in [6.45, 7) is 6.39. The van der Waals surface area contributed by atoms with E-state index in [0.29, 0.717) is 69.6 Å². The number of carboxylic acid groups (broad SMARTS) is 2. The summed E-state index contributed by atoms with van der Waals surface area (Å²) >= 11 is 0. The summed E-state index contributed by atoms with van der Waals surface area (Å²) in [5.41, 5.74) is 16.1. The van der Waals surface area contributed by atoms with Gasteiger partial charge in [-0.15, -0.1) is 0 Å². The topological polar surface area (TPSA) is 236 Å². The smallest absolute Gasteiger partial charge is 0.307 e. The molecule has 0 saturated heterocycles. The number of methoxy groups -OCH3 is 12. The second kappa shape index (κ2) is 33.0. The summed E-state index contributed by atoms with van der Waals surface area (Å²) in [4.78, 5) is 47.7. The molecule has 3 aliphatic carbocycles. The van der Waals surface area contributed by atoms with Gasteiger partial charge in [0.2, 0.25) is 23.2 Å². The first-order valence-electron chi connectivity index (χ1n) is 29.8. The largest absolute Gasteiger partial charge is 0.497 e. The predicted molar refractivity (Wildman–Crippen MR) is 364 cm³/mol.